The second-order valence-electron chi connectivity index (χ2n) is 8.58. The fourth-order valence-corrected chi connectivity index (χ4v) is 5.05. The third-order valence-corrected chi connectivity index (χ3v) is 6.64. The van der Waals surface area contributed by atoms with Crippen LogP contribution in [0, 0.1) is 0 Å². The van der Waals surface area contributed by atoms with Crippen LogP contribution in [0.15, 0.2) is 48.8 Å². The highest BCUT2D eigenvalue weighted by Crippen LogP contribution is 2.57. The molecule has 1 aliphatic carbocycles. The van der Waals surface area contributed by atoms with Crippen LogP contribution in [0.2, 0.25) is 0 Å². The Labute approximate surface area is 187 Å². The third kappa shape index (κ3) is 3.10. The molecule has 2 aliphatic rings. The summed E-state index contributed by atoms with van der Waals surface area (Å²) in [5.74, 6) is -0.472. The first-order valence-electron chi connectivity index (χ1n) is 10.6. The lowest BCUT2D eigenvalue weighted by atomic mass is 9.87. The quantitative estimate of drug-likeness (QED) is 0.632. The Morgan fingerprint density at radius 2 is 1.97 bits per heavy atom. The van der Waals surface area contributed by atoms with Crippen LogP contribution in [0.5, 0.6) is 0 Å². The molecule has 5 rings (SSSR count). The topological polar surface area (TPSA) is 78.6 Å². The molecule has 1 fully saturated rings. The number of alkyl halides is 3. The summed E-state index contributed by atoms with van der Waals surface area (Å²) in [5.41, 5.74) is -2.45. The summed E-state index contributed by atoms with van der Waals surface area (Å²) < 4.78 is 44.7. The molecule has 0 bridgehead atoms. The molecule has 0 radical (unpaired) electrons. The number of carbonyl (C=O) groups excluding carboxylic acids is 1. The van der Waals surface area contributed by atoms with Gasteiger partial charge >= 0.3 is 6.18 Å². The van der Waals surface area contributed by atoms with Crippen LogP contribution in [0.4, 0.5) is 13.2 Å². The molecule has 2 heterocycles. The first-order chi connectivity index (χ1) is 15.7. The van der Waals surface area contributed by atoms with Crippen LogP contribution in [0.1, 0.15) is 34.3 Å². The molecule has 1 saturated heterocycles. The Kier molecular flexibility index (Phi) is 4.88. The Morgan fingerprint density at radius 1 is 1.21 bits per heavy atom. The number of rotatable bonds is 3. The number of benzene rings is 2. The van der Waals surface area contributed by atoms with Crippen molar-refractivity contribution in [3.8, 4) is 22.3 Å². The average molecular weight is 457 g/mol. The predicted molar refractivity (Wildman–Crippen MR) is 114 cm³/mol. The number of aryl methyl sites for hydroxylation is 1. The van der Waals surface area contributed by atoms with E-state index in [1.54, 1.807) is 31.4 Å². The van der Waals surface area contributed by atoms with E-state index in [2.05, 4.69) is 5.10 Å². The van der Waals surface area contributed by atoms with Crippen molar-refractivity contribution in [2.45, 2.75) is 30.7 Å². The molecular formula is C24H22F3N3O3. The van der Waals surface area contributed by atoms with Gasteiger partial charge in [-0.3, -0.25) is 9.48 Å². The van der Waals surface area contributed by atoms with Gasteiger partial charge < -0.3 is 15.1 Å². The zero-order chi connectivity index (χ0) is 23.5. The Bertz CT molecular complexity index is 1250. The third-order valence-electron chi connectivity index (χ3n) is 6.64. The summed E-state index contributed by atoms with van der Waals surface area (Å²) in [4.78, 5) is 14.9. The normalized spacial score (nSPS) is 21.9. The van der Waals surface area contributed by atoms with Crippen molar-refractivity contribution in [2.75, 3.05) is 13.2 Å². The maximum atomic E-state index is 14.4. The largest absolute Gasteiger partial charge is 0.425 e. The predicted octanol–water partition coefficient (Wildman–Crippen LogP) is 3.46. The van der Waals surface area contributed by atoms with Crippen LogP contribution in [0.3, 0.4) is 0 Å². The number of amides is 1. The Hall–Kier alpha value is -3.17. The van der Waals surface area contributed by atoms with Gasteiger partial charge in [-0.15, -0.1) is 0 Å². The van der Waals surface area contributed by atoms with E-state index in [4.69, 9.17) is 0 Å². The number of hydrogen-bond acceptors (Lipinski definition) is 4. The number of hydrogen-bond donors (Lipinski definition) is 2. The summed E-state index contributed by atoms with van der Waals surface area (Å²) in [6.45, 7) is 0.192. The molecule has 1 aliphatic heterocycles. The van der Waals surface area contributed by atoms with Crippen molar-refractivity contribution in [1.82, 2.24) is 14.7 Å². The molecule has 0 spiro atoms. The first-order valence-corrected chi connectivity index (χ1v) is 10.6. The van der Waals surface area contributed by atoms with E-state index in [1.807, 2.05) is 0 Å². The number of fused-ring (bicyclic) bond motifs is 3. The first kappa shape index (κ1) is 21.7. The van der Waals surface area contributed by atoms with Gasteiger partial charge in [-0.2, -0.15) is 18.3 Å². The van der Waals surface area contributed by atoms with E-state index in [1.165, 1.54) is 27.9 Å². The lowest BCUT2D eigenvalue weighted by molar-refractivity contribution is -0.246. The van der Waals surface area contributed by atoms with Gasteiger partial charge in [-0.05, 0) is 41.7 Å². The van der Waals surface area contributed by atoms with Crippen molar-refractivity contribution in [1.29, 1.82) is 0 Å². The van der Waals surface area contributed by atoms with Gasteiger partial charge in [-0.1, -0.05) is 24.3 Å². The SMILES string of the molecule is Cn1cc(-c2cc(C(=O)N3CCCC3CO)cc3c2-c2ccccc2C3(O)C(F)(F)F)cn1. The smallest absolute Gasteiger partial charge is 0.394 e. The summed E-state index contributed by atoms with van der Waals surface area (Å²) in [7, 11) is 1.69. The fraction of sp³-hybridized carbons (Fsp3) is 0.333. The molecule has 2 N–H and O–H groups in total. The molecule has 0 saturated carbocycles. The van der Waals surface area contributed by atoms with Crippen molar-refractivity contribution < 1.29 is 28.2 Å². The molecule has 3 aromatic rings. The van der Waals surface area contributed by atoms with Gasteiger partial charge in [0.1, 0.15) is 0 Å². The minimum atomic E-state index is -5.01. The molecule has 9 heteroatoms. The van der Waals surface area contributed by atoms with E-state index in [9.17, 15) is 28.2 Å². The zero-order valence-electron chi connectivity index (χ0n) is 17.8. The van der Waals surface area contributed by atoms with Crippen LogP contribution in [0.25, 0.3) is 22.3 Å². The number of halogens is 3. The monoisotopic (exact) mass is 457 g/mol. The minimum Gasteiger partial charge on any atom is -0.394 e. The van der Waals surface area contributed by atoms with E-state index >= 15 is 0 Å². The minimum absolute atomic E-state index is 0.0310. The standard InChI is InChI=1S/C24H22F3N3O3/c1-29-12-15(11-28-29)18-9-14(22(32)30-8-4-5-16(30)13-31)10-20-21(18)17-6-2-3-7-19(17)23(20,33)24(25,26)27/h2-3,6-7,9-12,16,31,33H,4-5,8,13H2,1H3. The van der Waals surface area contributed by atoms with Gasteiger partial charge in [0.2, 0.25) is 5.60 Å². The number of likely N-dealkylation sites (tertiary alicyclic amines) is 1. The Balaban J connectivity index is 1.80. The Morgan fingerprint density at radius 3 is 2.64 bits per heavy atom. The molecule has 2 unspecified atom stereocenters. The van der Waals surface area contributed by atoms with Gasteiger partial charge in [0.25, 0.3) is 5.91 Å². The van der Waals surface area contributed by atoms with Crippen molar-refractivity contribution in [3.63, 3.8) is 0 Å². The number of aromatic nitrogens is 2. The van der Waals surface area contributed by atoms with Gasteiger partial charge in [0.15, 0.2) is 0 Å². The summed E-state index contributed by atoms with van der Waals surface area (Å²) in [6.07, 6.45) is -0.507. The number of aliphatic hydroxyl groups is 2. The summed E-state index contributed by atoms with van der Waals surface area (Å²) >= 11 is 0. The molecule has 172 valence electrons. The lowest BCUT2D eigenvalue weighted by Crippen LogP contribution is -2.42. The number of nitrogens with zero attached hydrogens (tertiary/aromatic N) is 3. The van der Waals surface area contributed by atoms with Crippen LogP contribution in [-0.2, 0) is 12.6 Å². The fourth-order valence-electron chi connectivity index (χ4n) is 5.05. The molecule has 2 atom stereocenters. The van der Waals surface area contributed by atoms with Gasteiger partial charge in [-0.25, -0.2) is 0 Å². The van der Waals surface area contributed by atoms with E-state index in [-0.39, 0.29) is 40.5 Å². The van der Waals surface area contributed by atoms with E-state index < -0.39 is 17.7 Å². The molecule has 2 aromatic carbocycles. The summed E-state index contributed by atoms with van der Waals surface area (Å²) in [5, 5.41) is 24.9. The maximum absolute atomic E-state index is 14.4. The van der Waals surface area contributed by atoms with Crippen LogP contribution < -0.4 is 0 Å². The zero-order valence-corrected chi connectivity index (χ0v) is 17.8. The van der Waals surface area contributed by atoms with Gasteiger partial charge in [0, 0.05) is 42.0 Å². The highest BCUT2D eigenvalue weighted by Gasteiger charge is 2.61. The second kappa shape index (κ2) is 7.43. The van der Waals surface area contributed by atoms with E-state index in [0.717, 1.165) is 6.07 Å². The maximum Gasteiger partial charge on any atom is 0.425 e. The highest BCUT2D eigenvalue weighted by atomic mass is 19.4. The summed E-state index contributed by atoms with van der Waals surface area (Å²) in [6, 6.07) is 8.20. The molecule has 1 amide bonds. The molecule has 33 heavy (non-hydrogen) atoms. The number of aliphatic hydroxyl groups excluding tert-OH is 1. The van der Waals surface area contributed by atoms with Crippen molar-refractivity contribution in [3.05, 3.63) is 65.5 Å². The average Bonchev–Trinajstić information content (AvgIpc) is 3.50. The molecule has 6 nitrogen and oxygen atoms in total. The van der Waals surface area contributed by atoms with Crippen LogP contribution >= 0.6 is 0 Å². The van der Waals surface area contributed by atoms with Crippen molar-refractivity contribution >= 4 is 5.91 Å². The second-order valence-corrected chi connectivity index (χ2v) is 8.58. The number of carbonyl (C=O) groups is 1. The lowest BCUT2D eigenvalue weighted by Gasteiger charge is -2.29. The molecule has 1 aromatic heterocycles. The highest BCUT2D eigenvalue weighted by molar-refractivity contribution is 6.01. The van der Waals surface area contributed by atoms with Crippen LogP contribution in [-0.4, -0.2) is 56.2 Å². The van der Waals surface area contributed by atoms with Gasteiger partial charge in [0.05, 0.1) is 18.8 Å². The molecular weight excluding hydrogens is 435 g/mol. The van der Waals surface area contributed by atoms with E-state index in [0.29, 0.717) is 30.5 Å². The van der Waals surface area contributed by atoms with Crippen molar-refractivity contribution in [2.24, 2.45) is 7.05 Å².